The summed E-state index contributed by atoms with van der Waals surface area (Å²) in [4.78, 5) is 25.4. The van der Waals surface area contributed by atoms with E-state index in [4.69, 9.17) is 0 Å². The third-order valence-electron chi connectivity index (χ3n) is 4.28. The van der Waals surface area contributed by atoms with Gasteiger partial charge in [0.2, 0.25) is 0 Å². The van der Waals surface area contributed by atoms with Crippen molar-refractivity contribution in [1.29, 1.82) is 0 Å². The molecule has 24 heavy (non-hydrogen) atoms. The van der Waals surface area contributed by atoms with E-state index in [1.54, 1.807) is 12.1 Å². The van der Waals surface area contributed by atoms with E-state index in [1.807, 2.05) is 47.4 Å². The molecule has 1 heterocycles. The molecule has 1 aliphatic heterocycles. The Morgan fingerprint density at radius 1 is 1.08 bits per heavy atom. The van der Waals surface area contributed by atoms with Crippen LogP contribution >= 0.6 is 0 Å². The maximum atomic E-state index is 12.2. The van der Waals surface area contributed by atoms with Crippen LogP contribution in [0.25, 0.3) is 0 Å². The van der Waals surface area contributed by atoms with E-state index >= 15 is 0 Å². The standard InChI is InChI=1S/C19H20N2O3/c22-18(20-16-5-2-1-3-6-16)15-10-8-14(9-11-15)13-21-12-4-7-17(21)19(23)24/h1-3,5-6,8-11,17H,4,7,12-13H2,(H,20,22)(H,23,24). The van der Waals surface area contributed by atoms with Crippen LogP contribution in [0.4, 0.5) is 5.69 Å². The van der Waals surface area contributed by atoms with E-state index in [2.05, 4.69) is 5.32 Å². The third kappa shape index (κ3) is 3.81. The zero-order valence-corrected chi connectivity index (χ0v) is 13.3. The number of nitrogens with one attached hydrogen (secondary N) is 1. The Labute approximate surface area is 140 Å². The molecule has 0 spiro atoms. The van der Waals surface area contributed by atoms with Gasteiger partial charge in [-0.3, -0.25) is 14.5 Å². The Morgan fingerprint density at radius 3 is 2.46 bits per heavy atom. The Hall–Kier alpha value is -2.66. The van der Waals surface area contributed by atoms with Gasteiger partial charge < -0.3 is 10.4 Å². The summed E-state index contributed by atoms with van der Waals surface area (Å²) >= 11 is 0. The molecule has 1 unspecified atom stereocenters. The summed E-state index contributed by atoms with van der Waals surface area (Å²) in [5, 5.41) is 12.1. The molecule has 0 radical (unpaired) electrons. The molecule has 0 bridgehead atoms. The van der Waals surface area contributed by atoms with Crippen LogP contribution in [0.1, 0.15) is 28.8 Å². The zero-order chi connectivity index (χ0) is 16.9. The normalized spacial score (nSPS) is 17.6. The second-order valence-corrected chi connectivity index (χ2v) is 5.98. The Balaban J connectivity index is 1.63. The summed E-state index contributed by atoms with van der Waals surface area (Å²) in [7, 11) is 0. The highest BCUT2D eigenvalue weighted by atomic mass is 16.4. The predicted octanol–water partition coefficient (Wildman–Crippen LogP) is 2.99. The number of benzene rings is 2. The number of hydrogen-bond acceptors (Lipinski definition) is 3. The van der Waals surface area contributed by atoms with E-state index in [-0.39, 0.29) is 5.91 Å². The van der Waals surface area contributed by atoms with Crippen molar-refractivity contribution in [1.82, 2.24) is 4.90 Å². The molecule has 2 aromatic carbocycles. The van der Waals surface area contributed by atoms with E-state index in [1.165, 1.54) is 0 Å². The highest BCUT2D eigenvalue weighted by Gasteiger charge is 2.30. The minimum atomic E-state index is -0.758. The van der Waals surface area contributed by atoms with E-state index < -0.39 is 12.0 Å². The van der Waals surface area contributed by atoms with Gasteiger partial charge in [0.15, 0.2) is 0 Å². The first kappa shape index (κ1) is 16.2. The molecular formula is C19H20N2O3. The van der Waals surface area contributed by atoms with Gasteiger partial charge >= 0.3 is 5.97 Å². The van der Waals surface area contributed by atoms with Gasteiger partial charge in [0.1, 0.15) is 6.04 Å². The van der Waals surface area contributed by atoms with Crippen LogP contribution in [0, 0.1) is 0 Å². The number of nitrogens with zero attached hydrogens (tertiary/aromatic N) is 1. The van der Waals surface area contributed by atoms with Gasteiger partial charge in [-0.1, -0.05) is 30.3 Å². The third-order valence-corrected chi connectivity index (χ3v) is 4.28. The number of para-hydroxylation sites is 1. The first-order valence-corrected chi connectivity index (χ1v) is 8.06. The lowest BCUT2D eigenvalue weighted by Crippen LogP contribution is -2.35. The van der Waals surface area contributed by atoms with Gasteiger partial charge in [-0.15, -0.1) is 0 Å². The van der Waals surface area contributed by atoms with Crippen LogP contribution < -0.4 is 5.32 Å². The molecule has 2 N–H and O–H groups in total. The van der Waals surface area contributed by atoms with Crippen LogP contribution in [0.2, 0.25) is 0 Å². The fourth-order valence-electron chi connectivity index (χ4n) is 3.02. The van der Waals surface area contributed by atoms with Crippen LogP contribution in [-0.4, -0.2) is 34.5 Å². The van der Waals surface area contributed by atoms with Crippen LogP contribution in [0.3, 0.4) is 0 Å². The fraction of sp³-hybridized carbons (Fsp3) is 0.263. The molecule has 5 nitrogen and oxygen atoms in total. The highest BCUT2D eigenvalue weighted by molar-refractivity contribution is 6.04. The monoisotopic (exact) mass is 324 g/mol. The molecular weight excluding hydrogens is 304 g/mol. The van der Waals surface area contributed by atoms with Crippen LogP contribution in [-0.2, 0) is 11.3 Å². The van der Waals surface area contributed by atoms with Crippen molar-refractivity contribution in [3.05, 3.63) is 65.7 Å². The van der Waals surface area contributed by atoms with Gasteiger partial charge in [-0.2, -0.15) is 0 Å². The average molecular weight is 324 g/mol. The Morgan fingerprint density at radius 2 is 1.79 bits per heavy atom. The van der Waals surface area contributed by atoms with Crippen molar-refractivity contribution in [3.8, 4) is 0 Å². The van der Waals surface area contributed by atoms with Crippen molar-refractivity contribution in [2.24, 2.45) is 0 Å². The smallest absolute Gasteiger partial charge is 0.320 e. The number of anilines is 1. The second kappa shape index (κ2) is 7.27. The molecule has 1 aliphatic rings. The van der Waals surface area contributed by atoms with Gasteiger partial charge in [0.25, 0.3) is 5.91 Å². The number of aliphatic carboxylic acids is 1. The number of amides is 1. The number of carboxylic acids is 1. The molecule has 0 aliphatic carbocycles. The molecule has 124 valence electrons. The van der Waals surface area contributed by atoms with Crippen molar-refractivity contribution < 1.29 is 14.7 Å². The minimum Gasteiger partial charge on any atom is -0.480 e. The molecule has 1 saturated heterocycles. The molecule has 0 aromatic heterocycles. The maximum absolute atomic E-state index is 12.2. The molecule has 3 rings (SSSR count). The lowest BCUT2D eigenvalue weighted by Gasteiger charge is -2.21. The van der Waals surface area contributed by atoms with Gasteiger partial charge in [-0.05, 0) is 49.2 Å². The summed E-state index contributed by atoms with van der Waals surface area (Å²) in [5.41, 5.74) is 2.35. The number of carboxylic acid groups (broad SMARTS) is 1. The molecule has 1 atom stereocenters. The van der Waals surface area contributed by atoms with E-state index in [9.17, 15) is 14.7 Å². The summed E-state index contributed by atoms with van der Waals surface area (Å²) in [6.45, 7) is 1.39. The van der Waals surface area contributed by atoms with Gasteiger partial charge in [0.05, 0.1) is 0 Å². The lowest BCUT2D eigenvalue weighted by atomic mass is 10.1. The number of carbonyl (C=O) groups excluding carboxylic acids is 1. The predicted molar refractivity (Wildman–Crippen MR) is 91.9 cm³/mol. The summed E-state index contributed by atoms with van der Waals surface area (Å²) in [5.74, 6) is -0.913. The summed E-state index contributed by atoms with van der Waals surface area (Å²) in [6.07, 6.45) is 1.61. The first-order chi connectivity index (χ1) is 11.6. The molecule has 2 aromatic rings. The van der Waals surface area contributed by atoms with Gasteiger partial charge in [-0.25, -0.2) is 0 Å². The van der Waals surface area contributed by atoms with E-state index in [0.717, 1.165) is 24.2 Å². The van der Waals surface area contributed by atoms with Gasteiger partial charge in [0, 0.05) is 17.8 Å². The number of carbonyl (C=O) groups is 2. The molecule has 0 saturated carbocycles. The fourth-order valence-corrected chi connectivity index (χ4v) is 3.02. The average Bonchev–Trinajstić information content (AvgIpc) is 3.05. The number of likely N-dealkylation sites (tertiary alicyclic amines) is 1. The molecule has 1 amide bonds. The first-order valence-electron chi connectivity index (χ1n) is 8.06. The summed E-state index contributed by atoms with van der Waals surface area (Å²) < 4.78 is 0. The van der Waals surface area contributed by atoms with E-state index in [0.29, 0.717) is 18.5 Å². The van der Waals surface area contributed by atoms with Crippen LogP contribution in [0.5, 0.6) is 0 Å². The number of rotatable bonds is 5. The molecule has 1 fully saturated rings. The topological polar surface area (TPSA) is 69.6 Å². The lowest BCUT2D eigenvalue weighted by molar-refractivity contribution is -0.142. The quantitative estimate of drug-likeness (QED) is 0.887. The summed E-state index contributed by atoms with van der Waals surface area (Å²) in [6, 6.07) is 16.2. The second-order valence-electron chi connectivity index (χ2n) is 5.98. The Bertz CT molecular complexity index is 713. The van der Waals surface area contributed by atoms with Crippen LogP contribution in [0.15, 0.2) is 54.6 Å². The highest BCUT2D eigenvalue weighted by Crippen LogP contribution is 2.20. The largest absolute Gasteiger partial charge is 0.480 e. The number of hydrogen-bond donors (Lipinski definition) is 2. The van der Waals surface area contributed by atoms with Crippen molar-refractivity contribution in [3.63, 3.8) is 0 Å². The Kier molecular flexibility index (Phi) is 4.91. The maximum Gasteiger partial charge on any atom is 0.320 e. The van der Waals surface area contributed by atoms with Crippen molar-refractivity contribution in [2.45, 2.75) is 25.4 Å². The van der Waals surface area contributed by atoms with Crippen molar-refractivity contribution in [2.75, 3.05) is 11.9 Å². The SMILES string of the molecule is O=C(Nc1ccccc1)c1ccc(CN2CCCC2C(=O)O)cc1. The zero-order valence-electron chi connectivity index (χ0n) is 13.3. The van der Waals surface area contributed by atoms with Crippen molar-refractivity contribution >= 4 is 17.6 Å². The minimum absolute atomic E-state index is 0.155. The molecule has 5 heteroatoms.